The average Bonchev–Trinajstić information content (AvgIpc) is 1.37. The van der Waals surface area contributed by atoms with Crippen molar-refractivity contribution in [3.63, 3.8) is 0 Å². The van der Waals surface area contributed by atoms with Gasteiger partial charge >= 0.3 is 18.9 Å². The van der Waals surface area contributed by atoms with Crippen molar-refractivity contribution < 1.29 is 18.9 Å². The van der Waals surface area contributed by atoms with Crippen LogP contribution in [0.3, 0.4) is 0 Å². The Balaban J connectivity index is -0.0000000450. The molecule has 0 saturated heterocycles. The summed E-state index contributed by atoms with van der Waals surface area (Å²) in [5.74, 6) is 0. The minimum Gasteiger partial charge on any atom is -0.343 e. The fraction of sp³-hybridized carbons (Fsp3) is 0.750. The van der Waals surface area contributed by atoms with Crippen LogP contribution in [-0.4, -0.2) is 17.4 Å². The molecule has 0 amide bonds. The smallest absolute Gasteiger partial charge is 0.343 e. The van der Waals surface area contributed by atoms with Gasteiger partial charge in [-0.15, -0.1) is 0 Å². The Bertz CT molecular complexity index is 9.51. The van der Waals surface area contributed by atoms with E-state index in [0.29, 0.717) is 0 Å². The molecule has 0 aliphatic heterocycles. The Hall–Kier alpha value is 1.13. The predicted molar refractivity (Wildman–Crippen MR) is 26.0 cm³/mol. The Labute approximate surface area is 63.0 Å². The van der Waals surface area contributed by atoms with Crippen LogP contribution < -0.4 is 18.9 Å². The topological polar surface area (TPSA) is 0 Å². The van der Waals surface area contributed by atoms with Crippen LogP contribution in [0.15, 0.2) is 0 Å². The maximum Gasteiger partial charge on any atom is 1.00 e. The summed E-state index contributed by atoms with van der Waals surface area (Å²) < 4.78 is 0. The van der Waals surface area contributed by atoms with E-state index < -0.39 is 0 Å². The van der Waals surface area contributed by atoms with E-state index in [1.54, 1.807) is 0 Å². The number of rotatable bonds is 1. The summed E-state index contributed by atoms with van der Waals surface area (Å²) in [4.78, 5) is 0. The minimum absolute atomic E-state index is 0. The van der Waals surface area contributed by atoms with Gasteiger partial charge in [0, 0.05) is 17.4 Å². The molecule has 0 fully saturated rings. The van der Waals surface area contributed by atoms with Crippen molar-refractivity contribution >= 4 is 17.4 Å². The van der Waals surface area contributed by atoms with Crippen LogP contribution in [0.5, 0.6) is 0 Å². The fourth-order valence-corrected chi connectivity index (χ4v) is 0. The summed E-state index contributed by atoms with van der Waals surface area (Å²) in [6.07, 6.45) is 2.28. The molecule has 0 aliphatic carbocycles. The van der Waals surface area contributed by atoms with Crippen molar-refractivity contribution in [2.24, 2.45) is 0 Å². The summed E-state index contributed by atoms with van der Waals surface area (Å²) in [5.41, 5.74) is 0. The molecule has 0 aliphatic rings. The molecule has 3 radical (unpaired) electrons. The maximum atomic E-state index is 3.60. The van der Waals surface area contributed by atoms with Gasteiger partial charge in [-0.3, -0.25) is 0 Å². The Morgan fingerprint density at radius 2 is 1.67 bits per heavy atom. The second-order valence-electron chi connectivity index (χ2n) is 0.854. The quantitative estimate of drug-likeness (QED) is 0.265. The number of hydrogen-bond donors (Lipinski definition) is 0. The molecule has 0 aromatic carbocycles. The molecule has 2 heteroatoms. The SMILES string of the molecule is [Al].[CH2-]CCC.[Li+]. The summed E-state index contributed by atoms with van der Waals surface area (Å²) in [7, 11) is 0. The molecule has 0 unspecified atom stereocenters. The van der Waals surface area contributed by atoms with Gasteiger partial charge < -0.3 is 6.92 Å². The summed E-state index contributed by atoms with van der Waals surface area (Å²) in [6, 6.07) is 0. The van der Waals surface area contributed by atoms with E-state index in [1.165, 1.54) is 6.42 Å². The molecule has 0 bridgehead atoms. The average molecular weight is 91.0 g/mol. The molecule has 0 heterocycles. The van der Waals surface area contributed by atoms with Gasteiger partial charge in [0.15, 0.2) is 0 Å². The first-order valence-electron chi connectivity index (χ1n) is 1.71. The Morgan fingerprint density at radius 3 is 1.67 bits per heavy atom. The Kier molecular flexibility index (Phi) is 43.1. The normalized spacial score (nSPS) is 5.00. The third-order valence-corrected chi connectivity index (χ3v) is 0.354. The summed E-state index contributed by atoms with van der Waals surface area (Å²) in [6.45, 7) is 5.72. The van der Waals surface area contributed by atoms with Crippen molar-refractivity contribution in [3.05, 3.63) is 6.92 Å². The zero-order chi connectivity index (χ0) is 3.41. The van der Waals surface area contributed by atoms with Crippen LogP contribution in [-0.2, 0) is 0 Å². The molecular weight excluding hydrogens is 82.0 g/mol. The van der Waals surface area contributed by atoms with Crippen LogP contribution in [0.4, 0.5) is 0 Å². The molecule has 0 N–H and O–H groups in total. The second-order valence-corrected chi connectivity index (χ2v) is 0.854. The van der Waals surface area contributed by atoms with Gasteiger partial charge in [0.1, 0.15) is 0 Å². The van der Waals surface area contributed by atoms with Gasteiger partial charge in [0.25, 0.3) is 0 Å². The second kappa shape index (κ2) is 16.5. The van der Waals surface area contributed by atoms with E-state index in [2.05, 4.69) is 13.8 Å². The molecule has 0 rings (SSSR count). The number of hydrogen-bond acceptors (Lipinski definition) is 0. The van der Waals surface area contributed by atoms with E-state index in [9.17, 15) is 0 Å². The fourth-order valence-electron chi connectivity index (χ4n) is 0. The first-order valence-corrected chi connectivity index (χ1v) is 1.71. The monoisotopic (exact) mass is 91.1 g/mol. The maximum absolute atomic E-state index is 3.60. The zero-order valence-corrected chi connectivity index (χ0v) is 5.85. The first kappa shape index (κ1) is 15.7. The van der Waals surface area contributed by atoms with Crippen LogP contribution >= 0.6 is 0 Å². The van der Waals surface area contributed by atoms with Gasteiger partial charge in [0.05, 0.1) is 0 Å². The van der Waals surface area contributed by atoms with Crippen LogP contribution in [0, 0.1) is 6.92 Å². The van der Waals surface area contributed by atoms with Gasteiger partial charge in [-0.2, -0.15) is 6.42 Å². The van der Waals surface area contributed by atoms with Gasteiger partial charge in [-0.25, -0.2) is 0 Å². The van der Waals surface area contributed by atoms with Gasteiger partial charge in [-0.1, -0.05) is 13.3 Å². The van der Waals surface area contributed by atoms with Gasteiger partial charge in [-0.05, 0) is 0 Å². The molecule has 0 saturated carbocycles. The van der Waals surface area contributed by atoms with E-state index >= 15 is 0 Å². The van der Waals surface area contributed by atoms with Crippen LogP contribution in [0.1, 0.15) is 19.8 Å². The predicted octanol–water partition coefficient (Wildman–Crippen LogP) is -1.76. The largest absolute Gasteiger partial charge is 1.00 e. The number of unbranched alkanes of at least 4 members (excludes halogenated alkanes) is 1. The van der Waals surface area contributed by atoms with Gasteiger partial charge in [0.2, 0.25) is 0 Å². The minimum atomic E-state index is 0. The van der Waals surface area contributed by atoms with Crippen molar-refractivity contribution in [3.8, 4) is 0 Å². The van der Waals surface area contributed by atoms with E-state index in [4.69, 9.17) is 0 Å². The molecule has 0 aromatic rings. The Morgan fingerprint density at radius 1 is 1.50 bits per heavy atom. The molecule has 0 spiro atoms. The van der Waals surface area contributed by atoms with Crippen LogP contribution in [0.2, 0.25) is 0 Å². The van der Waals surface area contributed by atoms with E-state index in [-0.39, 0.29) is 36.2 Å². The molecule has 0 atom stereocenters. The third kappa shape index (κ3) is 19.3. The molecule has 0 nitrogen and oxygen atoms in total. The standard InChI is InChI=1S/C4H9.Al.Li/c1-3-4-2;;/h1,3-4H2,2H3;;/q-1;;+1. The molecular formula is C4H9AlLi. The summed E-state index contributed by atoms with van der Waals surface area (Å²) >= 11 is 0. The first-order chi connectivity index (χ1) is 1.91. The zero-order valence-electron chi connectivity index (χ0n) is 4.70. The van der Waals surface area contributed by atoms with Crippen LogP contribution in [0.25, 0.3) is 0 Å². The molecule has 29 valence electrons. The third-order valence-electron chi connectivity index (χ3n) is 0.354. The molecule has 0 aromatic heterocycles. The van der Waals surface area contributed by atoms with Crippen molar-refractivity contribution in [1.29, 1.82) is 0 Å². The van der Waals surface area contributed by atoms with E-state index in [1.807, 2.05) is 0 Å². The van der Waals surface area contributed by atoms with E-state index in [0.717, 1.165) is 6.42 Å². The van der Waals surface area contributed by atoms with Crippen molar-refractivity contribution in [2.75, 3.05) is 0 Å². The summed E-state index contributed by atoms with van der Waals surface area (Å²) in [5, 5.41) is 0. The van der Waals surface area contributed by atoms with Crippen molar-refractivity contribution in [1.82, 2.24) is 0 Å². The molecule has 6 heavy (non-hydrogen) atoms. The van der Waals surface area contributed by atoms with Crippen molar-refractivity contribution in [2.45, 2.75) is 19.8 Å².